The molecule has 16 heavy (non-hydrogen) atoms. The molecule has 1 rings (SSSR count). The molecule has 0 saturated carbocycles. The molecule has 1 heterocycles. The number of aromatic nitrogens is 2. The van der Waals surface area contributed by atoms with E-state index in [-0.39, 0.29) is 12.5 Å². The zero-order chi connectivity index (χ0) is 12.0. The number of amides is 1. The van der Waals surface area contributed by atoms with Crippen molar-refractivity contribution in [3.05, 3.63) is 17.8 Å². The van der Waals surface area contributed by atoms with Crippen LogP contribution in [-0.2, 0) is 4.79 Å². The lowest BCUT2D eigenvalue weighted by molar-refractivity contribution is -0.119. The maximum atomic E-state index is 11.4. The number of aryl methyl sites for hydroxylation is 1. The Labute approximate surface area is 95.7 Å². The van der Waals surface area contributed by atoms with Crippen molar-refractivity contribution in [1.29, 1.82) is 0 Å². The van der Waals surface area contributed by atoms with Gasteiger partial charge < -0.3 is 10.6 Å². The van der Waals surface area contributed by atoms with E-state index in [1.54, 1.807) is 6.20 Å². The van der Waals surface area contributed by atoms with Crippen LogP contribution < -0.4 is 10.6 Å². The molecule has 0 bridgehead atoms. The fourth-order valence-corrected chi connectivity index (χ4v) is 1.10. The van der Waals surface area contributed by atoms with Gasteiger partial charge in [0.2, 0.25) is 5.91 Å². The summed E-state index contributed by atoms with van der Waals surface area (Å²) < 4.78 is 0. The van der Waals surface area contributed by atoms with Crippen LogP contribution in [0.25, 0.3) is 0 Å². The lowest BCUT2D eigenvalue weighted by Gasteiger charge is -2.08. The molecular weight excluding hydrogens is 204 g/mol. The van der Waals surface area contributed by atoms with Gasteiger partial charge in [-0.15, -0.1) is 5.10 Å². The van der Waals surface area contributed by atoms with Gasteiger partial charge in [-0.2, -0.15) is 5.10 Å². The average molecular weight is 222 g/mol. The Kier molecular flexibility index (Phi) is 4.69. The van der Waals surface area contributed by atoms with E-state index in [2.05, 4.69) is 34.7 Å². The Balaban J connectivity index is 2.31. The number of nitrogens with one attached hydrogen (secondary N) is 2. The summed E-state index contributed by atoms with van der Waals surface area (Å²) in [5.41, 5.74) is 1.01. The predicted molar refractivity (Wildman–Crippen MR) is 63.1 cm³/mol. The SMILES string of the molecule is Cc1cnnc(NCC(=O)NCC(C)C)c1. The third kappa shape index (κ3) is 4.72. The topological polar surface area (TPSA) is 66.9 Å². The quantitative estimate of drug-likeness (QED) is 0.779. The van der Waals surface area contributed by atoms with Crippen molar-refractivity contribution in [2.45, 2.75) is 20.8 Å². The van der Waals surface area contributed by atoms with Crippen LogP contribution in [0.4, 0.5) is 5.82 Å². The van der Waals surface area contributed by atoms with Gasteiger partial charge in [-0.25, -0.2) is 0 Å². The molecule has 2 N–H and O–H groups in total. The van der Waals surface area contributed by atoms with Crippen LogP contribution in [0.1, 0.15) is 19.4 Å². The summed E-state index contributed by atoms with van der Waals surface area (Å²) in [5.74, 6) is 1.06. The molecule has 0 saturated heterocycles. The van der Waals surface area contributed by atoms with Crippen molar-refractivity contribution in [2.24, 2.45) is 5.92 Å². The molecule has 0 radical (unpaired) electrons. The van der Waals surface area contributed by atoms with Crippen LogP contribution in [0.2, 0.25) is 0 Å². The highest BCUT2D eigenvalue weighted by Crippen LogP contribution is 2.02. The van der Waals surface area contributed by atoms with E-state index in [0.29, 0.717) is 18.3 Å². The highest BCUT2D eigenvalue weighted by molar-refractivity contribution is 5.80. The van der Waals surface area contributed by atoms with Gasteiger partial charge in [0.15, 0.2) is 0 Å². The first kappa shape index (κ1) is 12.4. The molecular formula is C11H18N4O. The second-order valence-electron chi connectivity index (χ2n) is 4.17. The van der Waals surface area contributed by atoms with Gasteiger partial charge in [0, 0.05) is 6.54 Å². The highest BCUT2D eigenvalue weighted by atomic mass is 16.1. The first-order valence-corrected chi connectivity index (χ1v) is 5.38. The molecule has 1 amide bonds. The third-order valence-corrected chi connectivity index (χ3v) is 1.93. The minimum atomic E-state index is -0.0305. The van der Waals surface area contributed by atoms with Gasteiger partial charge in [0.25, 0.3) is 0 Å². The fraction of sp³-hybridized carbons (Fsp3) is 0.545. The van der Waals surface area contributed by atoms with E-state index >= 15 is 0 Å². The number of nitrogens with zero attached hydrogens (tertiary/aromatic N) is 2. The van der Waals surface area contributed by atoms with Gasteiger partial charge in [0.1, 0.15) is 5.82 Å². The van der Waals surface area contributed by atoms with Gasteiger partial charge >= 0.3 is 0 Å². The predicted octanol–water partition coefficient (Wildman–Crippen LogP) is 0.969. The lowest BCUT2D eigenvalue weighted by Crippen LogP contribution is -2.32. The number of anilines is 1. The Morgan fingerprint density at radius 3 is 2.88 bits per heavy atom. The second-order valence-corrected chi connectivity index (χ2v) is 4.17. The second kappa shape index (κ2) is 6.05. The van der Waals surface area contributed by atoms with Crippen LogP contribution in [0, 0.1) is 12.8 Å². The van der Waals surface area contributed by atoms with Crippen molar-refractivity contribution < 1.29 is 4.79 Å². The maximum absolute atomic E-state index is 11.4. The minimum absolute atomic E-state index is 0.0305. The molecule has 0 aliphatic carbocycles. The summed E-state index contributed by atoms with van der Waals surface area (Å²) >= 11 is 0. The molecule has 88 valence electrons. The van der Waals surface area contributed by atoms with Gasteiger partial charge in [0.05, 0.1) is 12.7 Å². The summed E-state index contributed by atoms with van der Waals surface area (Å²) in [6, 6.07) is 1.85. The van der Waals surface area contributed by atoms with E-state index in [0.717, 1.165) is 5.56 Å². The summed E-state index contributed by atoms with van der Waals surface area (Å²) in [5, 5.41) is 13.4. The van der Waals surface area contributed by atoms with E-state index in [1.807, 2.05) is 13.0 Å². The van der Waals surface area contributed by atoms with Gasteiger partial charge in [-0.1, -0.05) is 13.8 Å². The molecule has 5 nitrogen and oxygen atoms in total. The summed E-state index contributed by atoms with van der Waals surface area (Å²) in [7, 11) is 0. The fourth-order valence-electron chi connectivity index (χ4n) is 1.10. The van der Waals surface area contributed by atoms with E-state index in [4.69, 9.17) is 0 Å². The zero-order valence-corrected chi connectivity index (χ0v) is 9.95. The molecule has 5 heteroatoms. The van der Waals surface area contributed by atoms with E-state index < -0.39 is 0 Å². The maximum Gasteiger partial charge on any atom is 0.239 e. The third-order valence-electron chi connectivity index (χ3n) is 1.93. The average Bonchev–Trinajstić information content (AvgIpc) is 2.23. The Morgan fingerprint density at radius 1 is 1.50 bits per heavy atom. The van der Waals surface area contributed by atoms with Crippen LogP contribution >= 0.6 is 0 Å². The van der Waals surface area contributed by atoms with Crippen LogP contribution in [0.3, 0.4) is 0 Å². The Hall–Kier alpha value is -1.65. The summed E-state index contributed by atoms with van der Waals surface area (Å²) in [4.78, 5) is 11.4. The number of carbonyl (C=O) groups is 1. The highest BCUT2D eigenvalue weighted by Gasteiger charge is 2.02. The monoisotopic (exact) mass is 222 g/mol. The van der Waals surface area contributed by atoms with E-state index in [9.17, 15) is 4.79 Å². The van der Waals surface area contributed by atoms with Crippen LogP contribution in [0.15, 0.2) is 12.3 Å². The van der Waals surface area contributed by atoms with Crippen molar-refractivity contribution in [3.8, 4) is 0 Å². The first-order valence-electron chi connectivity index (χ1n) is 5.38. The van der Waals surface area contributed by atoms with Crippen molar-refractivity contribution in [3.63, 3.8) is 0 Å². The molecule has 1 aromatic heterocycles. The molecule has 0 spiro atoms. The van der Waals surface area contributed by atoms with Crippen LogP contribution in [0.5, 0.6) is 0 Å². The molecule has 0 unspecified atom stereocenters. The lowest BCUT2D eigenvalue weighted by atomic mass is 10.2. The Morgan fingerprint density at radius 2 is 2.25 bits per heavy atom. The molecule has 0 aliphatic heterocycles. The summed E-state index contributed by atoms with van der Waals surface area (Å²) in [6.45, 7) is 6.96. The molecule has 1 aromatic rings. The molecule has 0 atom stereocenters. The smallest absolute Gasteiger partial charge is 0.239 e. The molecule has 0 aromatic carbocycles. The van der Waals surface area contributed by atoms with Gasteiger partial charge in [-0.05, 0) is 24.5 Å². The zero-order valence-electron chi connectivity index (χ0n) is 9.95. The van der Waals surface area contributed by atoms with Crippen molar-refractivity contribution in [2.75, 3.05) is 18.4 Å². The normalized spacial score (nSPS) is 10.2. The molecule has 0 fully saturated rings. The van der Waals surface area contributed by atoms with E-state index in [1.165, 1.54) is 0 Å². The van der Waals surface area contributed by atoms with Crippen molar-refractivity contribution >= 4 is 11.7 Å². The van der Waals surface area contributed by atoms with Crippen LogP contribution in [-0.4, -0.2) is 29.2 Å². The number of hydrogen-bond acceptors (Lipinski definition) is 4. The first-order chi connectivity index (χ1) is 7.58. The number of rotatable bonds is 5. The molecule has 0 aliphatic rings. The van der Waals surface area contributed by atoms with Gasteiger partial charge in [-0.3, -0.25) is 4.79 Å². The largest absolute Gasteiger partial charge is 0.360 e. The standard InChI is InChI=1S/C11H18N4O/c1-8(2)5-13-11(16)7-12-10-4-9(3)6-14-15-10/h4,6,8H,5,7H2,1-3H3,(H,12,15)(H,13,16). The number of carbonyl (C=O) groups excluding carboxylic acids is 1. The van der Waals surface area contributed by atoms with Crippen molar-refractivity contribution in [1.82, 2.24) is 15.5 Å². The summed E-state index contributed by atoms with van der Waals surface area (Å²) in [6.07, 6.45) is 1.67. The number of hydrogen-bond donors (Lipinski definition) is 2. The Bertz CT molecular complexity index is 352. The minimum Gasteiger partial charge on any atom is -0.360 e.